The largest absolute Gasteiger partial charge is 0.321 e. The Morgan fingerprint density at radius 3 is 2.52 bits per heavy atom. The number of nitrogens with zero attached hydrogens (tertiary/aromatic N) is 1. The Kier molecular flexibility index (Phi) is 5.89. The summed E-state index contributed by atoms with van der Waals surface area (Å²) in [7, 11) is -3.68. The lowest BCUT2D eigenvalue weighted by Crippen LogP contribution is -2.36. The van der Waals surface area contributed by atoms with E-state index in [0.29, 0.717) is 11.3 Å². The number of anilines is 1. The molecule has 2 aromatic rings. The lowest BCUT2D eigenvalue weighted by molar-refractivity contribution is 0.102. The lowest BCUT2D eigenvalue weighted by atomic mass is 9.96. The van der Waals surface area contributed by atoms with Crippen molar-refractivity contribution in [3.05, 3.63) is 59.7 Å². The number of amides is 1. The van der Waals surface area contributed by atoms with Crippen molar-refractivity contribution < 1.29 is 13.2 Å². The van der Waals surface area contributed by atoms with Crippen molar-refractivity contribution in [1.29, 1.82) is 5.26 Å². The molecule has 1 amide bonds. The third kappa shape index (κ3) is 4.73. The van der Waals surface area contributed by atoms with Gasteiger partial charge in [0.15, 0.2) is 0 Å². The third-order valence-electron chi connectivity index (χ3n) is 4.63. The van der Waals surface area contributed by atoms with Gasteiger partial charge in [0.25, 0.3) is 5.91 Å². The molecule has 3 rings (SSSR count). The van der Waals surface area contributed by atoms with Crippen LogP contribution in [0.25, 0.3) is 0 Å². The van der Waals surface area contributed by atoms with Crippen LogP contribution in [-0.4, -0.2) is 20.4 Å². The SMILES string of the molecule is N#Cc1ccccc1NC(=O)c1cccc(S(=O)(=O)NC2CCCCC2)c1. The molecule has 0 aromatic heterocycles. The molecule has 0 spiro atoms. The molecule has 0 radical (unpaired) electrons. The average molecular weight is 383 g/mol. The van der Waals surface area contributed by atoms with Crippen LogP contribution in [0.2, 0.25) is 0 Å². The summed E-state index contributed by atoms with van der Waals surface area (Å²) < 4.78 is 28.0. The molecule has 1 aliphatic carbocycles. The zero-order chi connectivity index (χ0) is 19.3. The van der Waals surface area contributed by atoms with Crippen LogP contribution in [-0.2, 0) is 10.0 Å². The third-order valence-corrected chi connectivity index (χ3v) is 6.15. The first-order valence-corrected chi connectivity index (χ1v) is 10.4. The number of hydrogen-bond acceptors (Lipinski definition) is 4. The van der Waals surface area contributed by atoms with Crippen molar-refractivity contribution >= 4 is 21.6 Å². The number of para-hydroxylation sites is 1. The van der Waals surface area contributed by atoms with E-state index in [1.807, 2.05) is 6.07 Å². The first-order chi connectivity index (χ1) is 13.0. The van der Waals surface area contributed by atoms with E-state index in [9.17, 15) is 13.2 Å². The highest BCUT2D eigenvalue weighted by atomic mass is 32.2. The summed E-state index contributed by atoms with van der Waals surface area (Å²) in [5.41, 5.74) is 0.946. The molecule has 1 saturated carbocycles. The van der Waals surface area contributed by atoms with E-state index < -0.39 is 15.9 Å². The Labute approximate surface area is 159 Å². The average Bonchev–Trinajstić information content (AvgIpc) is 2.69. The highest BCUT2D eigenvalue weighted by Crippen LogP contribution is 2.21. The van der Waals surface area contributed by atoms with Gasteiger partial charge in [-0.05, 0) is 43.2 Å². The minimum atomic E-state index is -3.68. The zero-order valence-electron chi connectivity index (χ0n) is 14.8. The summed E-state index contributed by atoms with van der Waals surface area (Å²) >= 11 is 0. The Bertz CT molecular complexity index is 974. The Morgan fingerprint density at radius 2 is 1.78 bits per heavy atom. The zero-order valence-corrected chi connectivity index (χ0v) is 15.6. The molecule has 0 bridgehead atoms. The van der Waals surface area contributed by atoms with Crippen LogP contribution in [0, 0.1) is 11.3 Å². The van der Waals surface area contributed by atoms with E-state index in [-0.39, 0.29) is 16.5 Å². The fourth-order valence-corrected chi connectivity index (χ4v) is 4.55. The molecule has 1 aliphatic rings. The van der Waals surface area contributed by atoms with Crippen LogP contribution in [0.15, 0.2) is 53.4 Å². The van der Waals surface area contributed by atoms with E-state index in [0.717, 1.165) is 32.1 Å². The molecule has 0 atom stereocenters. The van der Waals surface area contributed by atoms with Crippen molar-refractivity contribution in [1.82, 2.24) is 4.72 Å². The van der Waals surface area contributed by atoms with Gasteiger partial charge in [-0.3, -0.25) is 4.79 Å². The summed E-state index contributed by atoms with van der Waals surface area (Å²) in [6.45, 7) is 0. The first-order valence-electron chi connectivity index (χ1n) is 8.92. The molecular weight excluding hydrogens is 362 g/mol. The van der Waals surface area contributed by atoms with Gasteiger partial charge >= 0.3 is 0 Å². The number of nitriles is 1. The predicted octanol–water partition coefficient (Wildman–Crippen LogP) is 3.42. The molecule has 0 saturated heterocycles. The molecule has 7 heteroatoms. The second kappa shape index (κ2) is 8.33. The fourth-order valence-electron chi connectivity index (χ4n) is 3.20. The van der Waals surface area contributed by atoms with E-state index in [2.05, 4.69) is 10.0 Å². The van der Waals surface area contributed by atoms with Gasteiger partial charge in [0.05, 0.1) is 16.1 Å². The Balaban J connectivity index is 1.78. The number of sulfonamides is 1. The van der Waals surface area contributed by atoms with Crippen LogP contribution in [0.3, 0.4) is 0 Å². The summed E-state index contributed by atoms with van der Waals surface area (Å²) in [6.07, 6.45) is 4.86. The van der Waals surface area contributed by atoms with Crippen molar-refractivity contribution in [2.75, 3.05) is 5.32 Å². The molecule has 0 aliphatic heterocycles. The van der Waals surface area contributed by atoms with E-state index in [1.54, 1.807) is 36.4 Å². The van der Waals surface area contributed by atoms with Gasteiger partial charge in [-0.2, -0.15) is 5.26 Å². The van der Waals surface area contributed by atoms with Crippen molar-refractivity contribution in [2.24, 2.45) is 0 Å². The minimum absolute atomic E-state index is 0.0521. The van der Waals surface area contributed by atoms with Crippen LogP contribution < -0.4 is 10.0 Å². The standard InChI is InChI=1S/C20H21N3O3S/c21-14-16-7-4-5-12-19(16)22-20(24)15-8-6-11-18(13-15)27(25,26)23-17-9-2-1-3-10-17/h4-8,11-13,17,23H,1-3,9-10H2,(H,22,24). The number of nitrogens with one attached hydrogen (secondary N) is 2. The fraction of sp³-hybridized carbons (Fsp3) is 0.300. The second-order valence-electron chi connectivity index (χ2n) is 6.60. The maximum Gasteiger partial charge on any atom is 0.255 e. The van der Waals surface area contributed by atoms with Gasteiger partial charge in [-0.1, -0.05) is 37.5 Å². The molecule has 0 heterocycles. The maximum atomic E-state index is 12.6. The Morgan fingerprint density at radius 1 is 1.04 bits per heavy atom. The molecule has 0 unspecified atom stereocenters. The molecule has 2 N–H and O–H groups in total. The quantitative estimate of drug-likeness (QED) is 0.826. The summed E-state index contributed by atoms with van der Waals surface area (Å²) in [6, 6.07) is 14.5. The van der Waals surface area contributed by atoms with Gasteiger partial charge in [0.1, 0.15) is 6.07 Å². The first kappa shape index (κ1) is 19.1. The van der Waals surface area contributed by atoms with Gasteiger partial charge in [0.2, 0.25) is 10.0 Å². The number of carbonyl (C=O) groups is 1. The van der Waals surface area contributed by atoms with Gasteiger partial charge in [-0.25, -0.2) is 13.1 Å². The minimum Gasteiger partial charge on any atom is -0.321 e. The molecule has 1 fully saturated rings. The van der Waals surface area contributed by atoms with Gasteiger partial charge < -0.3 is 5.32 Å². The number of carbonyl (C=O) groups excluding carboxylic acids is 1. The predicted molar refractivity (Wildman–Crippen MR) is 103 cm³/mol. The van der Waals surface area contributed by atoms with E-state index >= 15 is 0 Å². The van der Waals surface area contributed by atoms with E-state index in [4.69, 9.17) is 5.26 Å². The normalized spacial score (nSPS) is 15.1. The van der Waals surface area contributed by atoms with Gasteiger partial charge in [0, 0.05) is 11.6 Å². The van der Waals surface area contributed by atoms with Crippen LogP contribution in [0.5, 0.6) is 0 Å². The highest BCUT2D eigenvalue weighted by Gasteiger charge is 2.22. The monoisotopic (exact) mass is 383 g/mol. The molecule has 140 valence electrons. The number of hydrogen-bond donors (Lipinski definition) is 2. The lowest BCUT2D eigenvalue weighted by Gasteiger charge is -2.22. The van der Waals surface area contributed by atoms with Crippen molar-refractivity contribution in [2.45, 2.75) is 43.0 Å². The maximum absolute atomic E-state index is 12.6. The summed E-state index contributed by atoms with van der Waals surface area (Å²) in [5.74, 6) is -0.465. The highest BCUT2D eigenvalue weighted by molar-refractivity contribution is 7.89. The van der Waals surface area contributed by atoms with E-state index in [1.165, 1.54) is 12.1 Å². The molecule has 2 aromatic carbocycles. The molecule has 27 heavy (non-hydrogen) atoms. The summed E-state index contributed by atoms with van der Waals surface area (Å²) in [5, 5.41) is 11.8. The molecular formula is C20H21N3O3S. The van der Waals surface area contributed by atoms with Crippen molar-refractivity contribution in [3.8, 4) is 6.07 Å². The molecule has 6 nitrogen and oxygen atoms in total. The Hall–Kier alpha value is -2.69. The second-order valence-corrected chi connectivity index (χ2v) is 8.31. The van der Waals surface area contributed by atoms with Crippen LogP contribution >= 0.6 is 0 Å². The smallest absolute Gasteiger partial charge is 0.255 e. The number of rotatable bonds is 5. The van der Waals surface area contributed by atoms with Crippen molar-refractivity contribution in [3.63, 3.8) is 0 Å². The topological polar surface area (TPSA) is 99.1 Å². The summed E-state index contributed by atoms with van der Waals surface area (Å²) in [4.78, 5) is 12.6. The van der Waals surface area contributed by atoms with Crippen LogP contribution in [0.1, 0.15) is 48.0 Å². The number of benzene rings is 2. The van der Waals surface area contributed by atoms with Gasteiger partial charge in [-0.15, -0.1) is 0 Å². The van der Waals surface area contributed by atoms with Crippen LogP contribution in [0.4, 0.5) is 5.69 Å².